The van der Waals surface area contributed by atoms with Crippen molar-refractivity contribution in [2.24, 2.45) is 0 Å². The van der Waals surface area contributed by atoms with Gasteiger partial charge in [0.1, 0.15) is 12.0 Å². The summed E-state index contributed by atoms with van der Waals surface area (Å²) in [5.41, 5.74) is 4.00. The molecule has 0 spiro atoms. The first kappa shape index (κ1) is 21.6. The fourth-order valence-electron chi connectivity index (χ4n) is 4.12. The smallest absolute Gasteiger partial charge is 0.128 e. The third-order valence-corrected chi connectivity index (χ3v) is 6.16. The second-order valence-electron chi connectivity index (χ2n) is 8.32. The third kappa shape index (κ3) is 4.98. The zero-order valence-electron chi connectivity index (χ0n) is 18.6. The van der Waals surface area contributed by atoms with Gasteiger partial charge in [-0.2, -0.15) is 5.10 Å². The first-order chi connectivity index (χ1) is 15.1. The van der Waals surface area contributed by atoms with E-state index in [0.29, 0.717) is 12.8 Å². The van der Waals surface area contributed by atoms with Gasteiger partial charge in [0.05, 0.1) is 29.8 Å². The second-order valence-corrected chi connectivity index (χ2v) is 8.32. The van der Waals surface area contributed by atoms with Gasteiger partial charge in [-0.15, -0.1) is 0 Å². The Labute approximate surface area is 183 Å². The summed E-state index contributed by atoms with van der Waals surface area (Å²) in [5.74, 6) is 0.975. The molecule has 2 aliphatic rings. The molecule has 6 nitrogen and oxygen atoms in total. The van der Waals surface area contributed by atoms with E-state index in [0.717, 1.165) is 54.4 Å². The Morgan fingerprint density at radius 2 is 1.97 bits per heavy atom. The van der Waals surface area contributed by atoms with Crippen molar-refractivity contribution in [2.45, 2.75) is 57.9 Å². The molecule has 7 heteroatoms. The number of hydrogen-bond donors (Lipinski definition) is 1. The van der Waals surface area contributed by atoms with Crippen molar-refractivity contribution in [3.05, 3.63) is 54.1 Å². The monoisotopic (exact) mass is 425 g/mol. The molecule has 1 aliphatic carbocycles. The minimum absolute atomic E-state index is 0.128. The number of aromatic nitrogens is 3. The molecule has 0 amide bonds. The summed E-state index contributed by atoms with van der Waals surface area (Å²) in [4.78, 5) is 6.97. The van der Waals surface area contributed by atoms with Gasteiger partial charge in [0.25, 0.3) is 0 Å². The summed E-state index contributed by atoms with van der Waals surface area (Å²) in [6.45, 7) is 5.87. The molecule has 2 aromatic heterocycles. The summed E-state index contributed by atoms with van der Waals surface area (Å²) in [6, 6.07) is 6.13. The zero-order valence-corrected chi connectivity index (χ0v) is 18.6. The van der Waals surface area contributed by atoms with Gasteiger partial charge >= 0.3 is 0 Å². The average Bonchev–Trinajstić information content (AvgIpc) is 3.26. The van der Waals surface area contributed by atoms with E-state index in [-0.39, 0.29) is 12.2 Å². The van der Waals surface area contributed by atoms with Crippen LogP contribution < -0.4 is 10.2 Å². The largest absolute Gasteiger partial charge is 0.391 e. The van der Waals surface area contributed by atoms with E-state index in [9.17, 15) is 4.39 Å². The maximum atomic E-state index is 13.0. The lowest BCUT2D eigenvalue weighted by atomic mass is 9.93. The summed E-state index contributed by atoms with van der Waals surface area (Å²) in [7, 11) is 1.92. The highest BCUT2D eigenvalue weighted by Gasteiger charge is 2.33. The first-order valence-electron chi connectivity index (χ1n) is 11.2. The van der Waals surface area contributed by atoms with E-state index in [2.05, 4.69) is 33.4 Å². The van der Waals surface area contributed by atoms with Gasteiger partial charge < -0.3 is 15.0 Å². The minimum atomic E-state index is -0.656. The lowest BCUT2D eigenvalue weighted by molar-refractivity contribution is -0.0884. The maximum absolute atomic E-state index is 13.0. The number of piperidine rings is 1. The van der Waals surface area contributed by atoms with Crippen LogP contribution in [0, 0.1) is 0 Å². The number of halogens is 1. The first-order valence-corrected chi connectivity index (χ1v) is 11.2. The summed E-state index contributed by atoms with van der Waals surface area (Å²) >= 11 is 0. The number of ether oxygens (including phenoxy) is 1. The summed E-state index contributed by atoms with van der Waals surface area (Å²) < 4.78 is 20.8. The van der Waals surface area contributed by atoms with Crippen LogP contribution in [0.3, 0.4) is 0 Å². The molecule has 3 heterocycles. The predicted octanol–water partition coefficient (Wildman–Crippen LogP) is 4.28. The van der Waals surface area contributed by atoms with E-state index >= 15 is 0 Å². The molecule has 0 unspecified atom stereocenters. The van der Waals surface area contributed by atoms with Gasteiger partial charge in [0.2, 0.25) is 0 Å². The molecule has 0 radical (unpaired) electrons. The molecule has 1 saturated heterocycles. The Balaban J connectivity index is 1.37. The van der Waals surface area contributed by atoms with Gasteiger partial charge in [-0.05, 0) is 44.9 Å². The maximum Gasteiger partial charge on any atom is 0.128 e. The molecule has 1 N–H and O–H groups in total. The van der Waals surface area contributed by atoms with Crippen LogP contribution in [0.15, 0.2) is 48.4 Å². The molecular weight excluding hydrogens is 393 g/mol. The van der Waals surface area contributed by atoms with E-state index in [1.54, 1.807) is 0 Å². The van der Waals surface area contributed by atoms with Crippen molar-refractivity contribution in [3.8, 4) is 5.69 Å². The SMILES string of the molecule is C/C=C\C(=C(\C)NC)c1ccn(-c2ccc(N3CCC(OC4CC(F)C4)CC3)nc2)n1. The van der Waals surface area contributed by atoms with Crippen LogP contribution in [-0.2, 0) is 4.74 Å². The highest BCUT2D eigenvalue weighted by molar-refractivity contribution is 5.73. The Hall–Kier alpha value is -2.67. The Bertz CT molecular complexity index is 922. The lowest BCUT2D eigenvalue weighted by Gasteiger charge is -2.37. The zero-order chi connectivity index (χ0) is 21.8. The number of hydrogen-bond acceptors (Lipinski definition) is 5. The number of alkyl halides is 1. The van der Waals surface area contributed by atoms with E-state index < -0.39 is 6.17 Å². The Kier molecular flexibility index (Phi) is 6.70. The number of nitrogens with one attached hydrogen (secondary N) is 1. The third-order valence-electron chi connectivity index (χ3n) is 6.16. The van der Waals surface area contributed by atoms with E-state index in [4.69, 9.17) is 9.84 Å². The molecule has 2 fully saturated rings. The molecule has 4 rings (SSSR count). The minimum Gasteiger partial charge on any atom is -0.391 e. The van der Waals surface area contributed by atoms with Crippen LogP contribution in [0.4, 0.5) is 10.2 Å². The van der Waals surface area contributed by atoms with Gasteiger partial charge in [-0.1, -0.05) is 12.2 Å². The summed E-state index contributed by atoms with van der Waals surface area (Å²) in [5, 5.41) is 7.94. The molecule has 166 valence electrons. The van der Waals surface area contributed by atoms with E-state index in [1.165, 1.54) is 0 Å². The standard InChI is InChI=1S/C24H32FN5O/c1-4-5-22(17(2)26-3)23-10-13-30(28-23)19-6-7-24(27-16-19)29-11-8-20(9-12-29)31-21-14-18(25)15-21/h4-7,10,13,16,18,20-21,26H,8-9,11-12,14-15H2,1-3H3/b5-4-,22-17+. The average molecular weight is 426 g/mol. The van der Waals surface area contributed by atoms with Crippen molar-refractivity contribution in [1.29, 1.82) is 0 Å². The molecule has 1 aliphatic heterocycles. The fourth-order valence-corrected chi connectivity index (χ4v) is 4.12. The van der Waals surface area contributed by atoms with Crippen molar-refractivity contribution in [2.75, 3.05) is 25.0 Å². The van der Waals surface area contributed by atoms with Crippen molar-refractivity contribution < 1.29 is 9.13 Å². The normalized spacial score (nSPS) is 23.0. The van der Waals surface area contributed by atoms with Crippen LogP contribution in [-0.4, -0.2) is 53.3 Å². The highest BCUT2D eigenvalue weighted by Crippen LogP contribution is 2.30. The molecule has 31 heavy (non-hydrogen) atoms. The van der Waals surface area contributed by atoms with Crippen LogP contribution in [0.2, 0.25) is 0 Å². The van der Waals surface area contributed by atoms with Gasteiger partial charge in [0, 0.05) is 50.4 Å². The summed E-state index contributed by atoms with van der Waals surface area (Å²) in [6.07, 6.45) is 10.7. The second kappa shape index (κ2) is 9.64. The van der Waals surface area contributed by atoms with Crippen LogP contribution in [0.5, 0.6) is 0 Å². The number of nitrogens with zero attached hydrogens (tertiary/aromatic N) is 4. The molecule has 0 aromatic carbocycles. The van der Waals surface area contributed by atoms with Crippen molar-refractivity contribution >= 4 is 11.4 Å². The number of allylic oxidation sites excluding steroid dienone is 4. The van der Waals surface area contributed by atoms with Gasteiger partial charge in [-0.25, -0.2) is 14.1 Å². The number of anilines is 1. The van der Waals surface area contributed by atoms with Crippen LogP contribution in [0.1, 0.15) is 45.2 Å². The predicted molar refractivity (Wildman–Crippen MR) is 122 cm³/mol. The Morgan fingerprint density at radius 1 is 1.19 bits per heavy atom. The van der Waals surface area contributed by atoms with Crippen LogP contribution >= 0.6 is 0 Å². The fraction of sp³-hybridized carbons (Fsp3) is 0.500. The van der Waals surface area contributed by atoms with Crippen LogP contribution in [0.25, 0.3) is 11.3 Å². The van der Waals surface area contributed by atoms with Crippen molar-refractivity contribution in [3.63, 3.8) is 0 Å². The topological polar surface area (TPSA) is 55.2 Å². The quantitative estimate of drug-likeness (QED) is 0.671. The molecule has 0 atom stereocenters. The molecule has 2 aromatic rings. The van der Waals surface area contributed by atoms with Gasteiger partial charge in [0.15, 0.2) is 0 Å². The Morgan fingerprint density at radius 3 is 2.58 bits per heavy atom. The van der Waals surface area contributed by atoms with E-state index in [1.807, 2.05) is 50.1 Å². The number of pyridine rings is 1. The molecular formula is C24H32FN5O. The molecule has 0 bridgehead atoms. The molecule has 1 saturated carbocycles. The van der Waals surface area contributed by atoms with Crippen molar-refractivity contribution in [1.82, 2.24) is 20.1 Å². The van der Waals surface area contributed by atoms with Gasteiger partial charge in [-0.3, -0.25) is 0 Å². The highest BCUT2D eigenvalue weighted by atomic mass is 19.1. The lowest BCUT2D eigenvalue weighted by Crippen LogP contribution is -2.42. The number of rotatable bonds is 7.